The smallest absolute Gasteiger partial charge is 0.337 e. The fourth-order valence-electron chi connectivity index (χ4n) is 3.16. The molecule has 132 valence electrons. The summed E-state index contributed by atoms with van der Waals surface area (Å²) in [5.74, 6) is 0.125. The van der Waals surface area contributed by atoms with Gasteiger partial charge in [-0.25, -0.2) is 9.80 Å². The number of halogens is 1. The Hall–Kier alpha value is -1.33. The largest absolute Gasteiger partial charge is 0.463 e. The van der Waals surface area contributed by atoms with Gasteiger partial charge in [-0.05, 0) is 37.0 Å². The molecule has 1 aliphatic rings. The third kappa shape index (κ3) is 4.39. The van der Waals surface area contributed by atoms with Crippen LogP contribution >= 0.6 is 15.9 Å². The molecule has 1 unspecified atom stereocenters. The Morgan fingerprint density at radius 2 is 1.96 bits per heavy atom. The molecule has 0 spiro atoms. The summed E-state index contributed by atoms with van der Waals surface area (Å²) >= 11 is 3.46. The van der Waals surface area contributed by atoms with Gasteiger partial charge in [0.25, 0.3) is 0 Å². The van der Waals surface area contributed by atoms with Crippen molar-refractivity contribution in [2.24, 2.45) is 5.92 Å². The van der Waals surface area contributed by atoms with Crippen LogP contribution in [0.15, 0.2) is 40.0 Å². The predicted octanol–water partition coefficient (Wildman–Crippen LogP) is 4.06. The topological polar surface area (TPSA) is 41.6 Å². The van der Waals surface area contributed by atoms with E-state index in [9.17, 15) is 4.79 Å². The Morgan fingerprint density at radius 1 is 1.29 bits per heavy atom. The highest BCUT2D eigenvalue weighted by atomic mass is 79.9. The minimum Gasteiger partial charge on any atom is -0.463 e. The summed E-state index contributed by atoms with van der Waals surface area (Å²) in [5, 5.41) is 2.19. The van der Waals surface area contributed by atoms with E-state index in [-0.39, 0.29) is 12.0 Å². The zero-order valence-electron chi connectivity index (χ0n) is 14.9. The van der Waals surface area contributed by atoms with Crippen molar-refractivity contribution in [2.45, 2.75) is 46.6 Å². The molecule has 4 nitrogen and oxygen atoms in total. The maximum Gasteiger partial charge on any atom is 0.337 e. The lowest BCUT2D eigenvalue weighted by molar-refractivity contribution is -0.139. The van der Waals surface area contributed by atoms with Crippen LogP contribution in [-0.2, 0) is 16.0 Å². The van der Waals surface area contributed by atoms with Crippen molar-refractivity contribution in [3.8, 4) is 0 Å². The number of carbonyl (C=O) groups is 1. The second kappa shape index (κ2) is 8.67. The maximum atomic E-state index is 12.6. The van der Waals surface area contributed by atoms with Crippen molar-refractivity contribution in [2.75, 3.05) is 13.2 Å². The molecule has 2 rings (SSSR count). The molecule has 0 amide bonds. The van der Waals surface area contributed by atoms with Crippen LogP contribution in [-0.4, -0.2) is 30.2 Å². The molecule has 0 aliphatic carbocycles. The average molecular weight is 395 g/mol. The molecule has 0 saturated carbocycles. The summed E-state index contributed by atoms with van der Waals surface area (Å²) in [6, 6.07) is 8.26. The van der Waals surface area contributed by atoms with Crippen molar-refractivity contribution in [3.63, 3.8) is 0 Å². The Kier molecular flexibility index (Phi) is 6.87. The Bertz CT molecular complexity index is 596. The summed E-state index contributed by atoms with van der Waals surface area (Å²) in [7, 11) is 0. The van der Waals surface area contributed by atoms with Gasteiger partial charge in [0.1, 0.15) is 0 Å². The van der Waals surface area contributed by atoms with Crippen LogP contribution in [0.2, 0.25) is 0 Å². The highest BCUT2D eigenvalue weighted by Gasteiger charge is 2.38. The number of hydrogen-bond donors (Lipinski definition) is 1. The molecule has 0 fully saturated rings. The first kappa shape index (κ1) is 19.0. The Morgan fingerprint density at radius 3 is 2.50 bits per heavy atom. The normalized spacial score (nSPS) is 18.2. The quantitative estimate of drug-likeness (QED) is 0.707. The first-order chi connectivity index (χ1) is 11.5. The van der Waals surface area contributed by atoms with Gasteiger partial charge in [0.15, 0.2) is 0 Å². The third-order valence-electron chi connectivity index (χ3n) is 4.12. The van der Waals surface area contributed by atoms with Gasteiger partial charge in [-0.2, -0.15) is 0 Å². The number of carbonyl (C=O) groups excluding carboxylic acids is 1. The second-order valence-corrected chi connectivity index (χ2v) is 7.33. The van der Waals surface area contributed by atoms with Gasteiger partial charge >= 0.3 is 5.97 Å². The zero-order chi connectivity index (χ0) is 17.7. The van der Waals surface area contributed by atoms with Gasteiger partial charge in [0, 0.05) is 23.1 Å². The van der Waals surface area contributed by atoms with Crippen LogP contribution in [0.5, 0.6) is 0 Å². The molecular weight excluding hydrogens is 368 g/mol. The van der Waals surface area contributed by atoms with Gasteiger partial charge in [-0.3, -0.25) is 0 Å². The molecule has 5 heteroatoms. The van der Waals surface area contributed by atoms with Crippen LogP contribution in [0, 0.1) is 5.92 Å². The van der Waals surface area contributed by atoms with E-state index in [1.807, 2.05) is 19.1 Å². The zero-order valence-corrected chi connectivity index (χ0v) is 16.5. The number of benzene rings is 1. The number of hydrazine groups is 1. The number of allylic oxidation sites excluding steroid dienone is 1. The summed E-state index contributed by atoms with van der Waals surface area (Å²) in [4.78, 5) is 12.6. The van der Waals surface area contributed by atoms with Crippen molar-refractivity contribution in [1.29, 1.82) is 0 Å². The van der Waals surface area contributed by atoms with Crippen LogP contribution in [0.1, 0.15) is 39.7 Å². The van der Waals surface area contributed by atoms with E-state index in [0.717, 1.165) is 28.7 Å². The molecule has 0 bridgehead atoms. The Labute approximate surface area is 153 Å². The van der Waals surface area contributed by atoms with E-state index in [4.69, 9.17) is 4.74 Å². The van der Waals surface area contributed by atoms with E-state index in [1.165, 1.54) is 5.56 Å². The molecule has 1 aromatic carbocycles. The fraction of sp³-hybridized carbons (Fsp3) is 0.526. The van der Waals surface area contributed by atoms with E-state index in [2.05, 4.69) is 59.3 Å². The van der Waals surface area contributed by atoms with Crippen LogP contribution in [0.25, 0.3) is 0 Å². The van der Waals surface area contributed by atoms with Gasteiger partial charge in [0.05, 0.1) is 18.2 Å². The molecule has 1 N–H and O–H groups in total. The third-order valence-corrected chi connectivity index (χ3v) is 4.65. The highest BCUT2D eigenvalue weighted by Crippen LogP contribution is 2.30. The minimum absolute atomic E-state index is 0.0504. The van der Waals surface area contributed by atoms with E-state index < -0.39 is 0 Å². The average Bonchev–Trinajstić information content (AvgIpc) is 2.88. The summed E-state index contributed by atoms with van der Waals surface area (Å²) in [6.45, 7) is 9.59. The lowest BCUT2D eigenvalue weighted by Gasteiger charge is -2.28. The lowest BCUT2D eigenvalue weighted by atomic mass is 9.93. The molecule has 0 radical (unpaired) electrons. The highest BCUT2D eigenvalue weighted by molar-refractivity contribution is 9.10. The van der Waals surface area contributed by atoms with Crippen molar-refractivity contribution in [3.05, 3.63) is 45.6 Å². The minimum atomic E-state index is -0.200. The molecule has 1 heterocycles. The molecule has 0 aromatic heterocycles. The maximum absolute atomic E-state index is 12.6. The van der Waals surface area contributed by atoms with Crippen molar-refractivity contribution >= 4 is 21.9 Å². The van der Waals surface area contributed by atoms with E-state index in [0.29, 0.717) is 18.9 Å². The molecule has 24 heavy (non-hydrogen) atoms. The number of esters is 1. The number of hydrogen-bond acceptors (Lipinski definition) is 4. The van der Waals surface area contributed by atoms with Crippen LogP contribution < -0.4 is 5.43 Å². The monoisotopic (exact) mass is 394 g/mol. The van der Waals surface area contributed by atoms with E-state index in [1.54, 1.807) is 0 Å². The number of nitrogens with one attached hydrogen (secondary N) is 1. The molecule has 1 aliphatic heterocycles. The fourth-order valence-corrected chi connectivity index (χ4v) is 3.42. The second-order valence-electron chi connectivity index (χ2n) is 6.41. The van der Waals surface area contributed by atoms with E-state index >= 15 is 0 Å². The number of ether oxygens (including phenoxy) is 1. The SMILES string of the molecule is CCCN1NC(Cc2ccc(Br)cc2)=C(C(=O)OCC)C1C(C)C. The lowest BCUT2D eigenvalue weighted by Crippen LogP contribution is -2.43. The van der Waals surface area contributed by atoms with Gasteiger partial charge in [-0.15, -0.1) is 0 Å². The first-order valence-corrected chi connectivity index (χ1v) is 9.45. The standard InChI is InChI=1S/C19H27BrN2O2/c1-5-11-22-18(13(3)4)17(19(23)24-6-2)16(21-22)12-14-7-9-15(20)10-8-14/h7-10,13,18,21H,5-6,11-12H2,1-4H3. The van der Waals surface area contributed by atoms with Crippen LogP contribution in [0.4, 0.5) is 0 Å². The van der Waals surface area contributed by atoms with Gasteiger partial charge in [0.2, 0.25) is 0 Å². The molecule has 1 atom stereocenters. The summed E-state index contributed by atoms with van der Waals surface area (Å²) in [6.07, 6.45) is 1.72. The van der Waals surface area contributed by atoms with Gasteiger partial charge in [-0.1, -0.05) is 48.8 Å². The number of rotatable bonds is 7. The first-order valence-electron chi connectivity index (χ1n) is 8.65. The number of nitrogens with zero attached hydrogens (tertiary/aromatic N) is 1. The molecule has 0 saturated heterocycles. The van der Waals surface area contributed by atoms with Crippen molar-refractivity contribution < 1.29 is 9.53 Å². The summed E-state index contributed by atoms with van der Waals surface area (Å²) < 4.78 is 6.40. The molecule has 1 aromatic rings. The molecular formula is C19H27BrN2O2. The Balaban J connectivity index is 2.35. The van der Waals surface area contributed by atoms with Gasteiger partial charge < -0.3 is 10.2 Å². The predicted molar refractivity (Wildman–Crippen MR) is 100 cm³/mol. The van der Waals surface area contributed by atoms with Crippen LogP contribution in [0.3, 0.4) is 0 Å². The summed E-state index contributed by atoms with van der Waals surface area (Å²) in [5.41, 5.74) is 6.39. The van der Waals surface area contributed by atoms with Crippen molar-refractivity contribution in [1.82, 2.24) is 10.4 Å².